The molecule has 0 radical (unpaired) electrons. The summed E-state index contributed by atoms with van der Waals surface area (Å²) < 4.78 is 4.95. The van der Waals surface area contributed by atoms with Crippen molar-refractivity contribution >= 4 is 11.9 Å². The summed E-state index contributed by atoms with van der Waals surface area (Å²) in [5, 5.41) is 2.65. The van der Waals surface area contributed by atoms with Crippen LogP contribution in [-0.2, 0) is 14.3 Å². The highest BCUT2D eigenvalue weighted by Gasteiger charge is 2.36. The van der Waals surface area contributed by atoms with Gasteiger partial charge in [-0.2, -0.15) is 0 Å². The van der Waals surface area contributed by atoms with Crippen LogP contribution >= 0.6 is 0 Å². The number of esters is 1. The molecule has 4 heteroatoms. The summed E-state index contributed by atoms with van der Waals surface area (Å²) in [6, 6.07) is 0.0731. The van der Waals surface area contributed by atoms with Crippen LogP contribution in [0.4, 0.5) is 0 Å². The molecule has 1 N–H and O–H groups in total. The molecule has 4 nitrogen and oxygen atoms in total. The molecule has 0 spiro atoms. The van der Waals surface area contributed by atoms with Gasteiger partial charge in [-0.1, -0.05) is 6.42 Å². The Balaban J connectivity index is 2.07. The predicted molar refractivity (Wildman–Crippen MR) is 40.3 cm³/mol. The second-order valence-electron chi connectivity index (χ2n) is 3.31. The number of hydrogen-bond donors (Lipinski definition) is 1. The minimum absolute atomic E-state index is 0.0658. The Labute approximate surface area is 70.3 Å². The van der Waals surface area contributed by atoms with Crippen molar-refractivity contribution in [3.8, 4) is 0 Å². The number of nitrogens with one attached hydrogen (secondary N) is 1. The van der Waals surface area contributed by atoms with E-state index >= 15 is 0 Å². The van der Waals surface area contributed by atoms with Gasteiger partial charge in [0.25, 0.3) is 0 Å². The van der Waals surface area contributed by atoms with Crippen LogP contribution in [0.2, 0.25) is 0 Å². The number of carbonyl (C=O) groups is 2. The Morgan fingerprint density at radius 3 is 2.83 bits per heavy atom. The number of hydrogen-bond acceptors (Lipinski definition) is 3. The molecule has 1 saturated carbocycles. The number of morpholine rings is 1. The quantitative estimate of drug-likeness (QED) is 0.409. The molecule has 1 aliphatic heterocycles. The lowest BCUT2D eigenvalue weighted by Gasteiger charge is -2.34. The topological polar surface area (TPSA) is 55.4 Å². The first-order valence-electron chi connectivity index (χ1n) is 4.29. The molecule has 2 fully saturated rings. The standard InChI is InChI=1S/C8H11NO3/c10-7-8(11)12-6-4-2-1-3-5(6)9-7/h5-6H,1-4H2,(H,9,10)/t5-,6-/m0/s1. The van der Waals surface area contributed by atoms with E-state index < -0.39 is 11.9 Å². The van der Waals surface area contributed by atoms with Crippen molar-refractivity contribution in [2.24, 2.45) is 0 Å². The Hall–Kier alpha value is -1.06. The second kappa shape index (κ2) is 2.77. The molecule has 2 aliphatic rings. The van der Waals surface area contributed by atoms with Gasteiger partial charge in [0.15, 0.2) is 0 Å². The lowest BCUT2D eigenvalue weighted by atomic mass is 9.91. The molecule has 0 aromatic heterocycles. The van der Waals surface area contributed by atoms with Gasteiger partial charge in [-0.15, -0.1) is 0 Å². The second-order valence-corrected chi connectivity index (χ2v) is 3.31. The highest BCUT2D eigenvalue weighted by Crippen LogP contribution is 2.23. The van der Waals surface area contributed by atoms with E-state index in [0.29, 0.717) is 0 Å². The molecule has 0 bridgehead atoms. The predicted octanol–water partition coefficient (Wildman–Crippen LogP) is -0.0294. The fourth-order valence-electron chi connectivity index (χ4n) is 1.82. The number of carbonyl (C=O) groups excluding carboxylic acids is 2. The zero-order valence-corrected chi connectivity index (χ0v) is 6.71. The van der Waals surface area contributed by atoms with E-state index in [1.54, 1.807) is 0 Å². The van der Waals surface area contributed by atoms with Gasteiger partial charge in [0.05, 0.1) is 6.04 Å². The average molecular weight is 169 g/mol. The van der Waals surface area contributed by atoms with E-state index in [2.05, 4.69) is 5.32 Å². The van der Waals surface area contributed by atoms with Gasteiger partial charge in [0.1, 0.15) is 6.10 Å². The first kappa shape index (κ1) is 7.58. The average Bonchev–Trinajstić information content (AvgIpc) is 2.07. The monoisotopic (exact) mass is 169 g/mol. The zero-order chi connectivity index (χ0) is 8.55. The molecule has 1 saturated heterocycles. The van der Waals surface area contributed by atoms with Crippen molar-refractivity contribution in [3.05, 3.63) is 0 Å². The van der Waals surface area contributed by atoms with Crippen LogP contribution in [0, 0.1) is 0 Å². The fraction of sp³-hybridized carbons (Fsp3) is 0.750. The SMILES string of the molecule is O=C1N[C@H]2CCCC[C@@H]2OC1=O. The summed E-state index contributed by atoms with van der Waals surface area (Å²) in [4.78, 5) is 21.7. The molecule has 2 rings (SSSR count). The lowest BCUT2D eigenvalue weighted by Crippen LogP contribution is -2.55. The molecule has 2 atom stereocenters. The Kier molecular flexibility index (Phi) is 1.75. The Bertz CT molecular complexity index is 202. The maximum absolute atomic E-state index is 10.9. The van der Waals surface area contributed by atoms with Gasteiger partial charge in [0, 0.05) is 0 Å². The van der Waals surface area contributed by atoms with Crippen LogP contribution in [-0.4, -0.2) is 24.0 Å². The first-order valence-corrected chi connectivity index (χ1v) is 4.29. The minimum Gasteiger partial charge on any atom is -0.453 e. The number of rotatable bonds is 0. The highest BCUT2D eigenvalue weighted by molar-refractivity contribution is 6.33. The van der Waals surface area contributed by atoms with Crippen LogP contribution in [0.25, 0.3) is 0 Å². The van der Waals surface area contributed by atoms with E-state index in [0.717, 1.165) is 25.7 Å². The highest BCUT2D eigenvalue weighted by atomic mass is 16.6. The van der Waals surface area contributed by atoms with Crippen molar-refractivity contribution in [2.75, 3.05) is 0 Å². The lowest BCUT2D eigenvalue weighted by molar-refractivity contribution is -0.168. The van der Waals surface area contributed by atoms with Crippen molar-refractivity contribution in [1.29, 1.82) is 0 Å². The van der Waals surface area contributed by atoms with Gasteiger partial charge in [-0.05, 0) is 19.3 Å². The van der Waals surface area contributed by atoms with Crippen molar-refractivity contribution in [3.63, 3.8) is 0 Å². The van der Waals surface area contributed by atoms with Gasteiger partial charge >= 0.3 is 11.9 Å². The van der Waals surface area contributed by atoms with Gasteiger partial charge in [-0.25, -0.2) is 4.79 Å². The van der Waals surface area contributed by atoms with Gasteiger partial charge in [-0.3, -0.25) is 4.79 Å². The first-order chi connectivity index (χ1) is 5.77. The van der Waals surface area contributed by atoms with Crippen molar-refractivity contribution < 1.29 is 14.3 Å². The summed E-state index contributed by atoms with van der Waals surface area (Å²) in [5.74, 6) is -1.31. The molecule has 0 unspecified atom stereocenters. The van der Waals surface area contributed by atoms with Crippen molar-refractivity contribution in [2.45, 2.75) is 37.8 Å². The smallest absolute Gasteiger partial charge is 0.397 e. The normalized spacial score (nSPS) is 35.0. The summed E-state index contributed by atoms with van der Waals surface area (Å²) in [6.45, 7) is 0. The van der Waals surface area contributed by atoms with Crippen LogP contribution in [0.3, 0.4) is 0 Å². The van der Waals surface area contributed by atoms with Crippen LogP contribution < -0.4 is 5.32 Å². The third kappa shape index (κ3) is 1.17. The number of fused-ring (bicyclic) bond motifs is 1. The zero-order valence-electron chi connectivity index (χ0n) is 6.71. The number of ether oxygens (including phenoxy) is 1. The summed E-state index contributed by atoms with van der Waals surface area (Å²) >= 11 is 0. The van der Waals surface area contributed by atoms with E-state index in [-0.39, 0.29) is 12.1 Å². The van der Waals surface area contributed by atoms with E-state index in [1.807, 2.05) is 0 Å². The molecule has 1 amide bonds. The van der Waals surface area contributed by atoms with Gasteiger partial charge < -0.3 is 10.1 Å². The fourth-order valence-corrected chi connectivity index (χ4v) is 1.82. The number of amides is 1. The maximum Gasteiger partial charge on any atom is 0.397 e. The van der Waals surface area contributed by atoms with Crippen molar-refractivity contribution in [1.82, 2.24) is 5.32 Å². The van der Waals surface area contributed by atoms with Crippen LogP contribution in [0.1, 0.15) is 25.7 Å². The third-order valence-corrected chi connectivity index (χ3v) is 2.46. The van der Waals surface area contributed by atoms with E-state index in [4.69, 9.17) is 4.74 Å². The van der Waals surface area contributed by atoms with E-state index in [9.17, 15) is 9.59 Å². The molecule has 0 aromatic rings. The summed E-state index contributed by atoms with van der Waals surface area (Å²) in [7, 11) is 0. The molecular formula is C8H11NO3. The molecule has 1 heterocycles. The molecule has 66 valence electrons. The summed E-state index contributed by atoms with van der Waals surface area (Å²) in [5.41, 5.74) is 0. The molecular weight excluding hydrogens is 158 g/mol. The van der Waals surface area contributed by atoms with E-state index in [1.165, 1.54) is 0 Å². The Morgan fingerprint density at radius 2 is 2.00 bits per heavy atom. The van der Waals surface area contributed by atoms with Crippen LogP contribution in [0.5, 0.6) is 0 Å². The molecule has 12 heavy (non-hydrogen) atoms. The molecule has 0 aromatic carbocycles. The maximum atomic E-state index is 10.9. The Morgan fingerprint density at radius 1 is 1.25 bits per heavy atom. The van der Waals surface area contributed by atoms with Gasteiger partial charge in [0.2, 0.25) is 0 Å². The summed E-state index contributed by atoms with van der Waals surface area (Å²) in [6.07, 6.45) is 3.95. The largest absolute Gasteiger partial charge is 0.453 e. The molecule has 1 aliphatic carbocycles. The minimum atomic E-state index is -0.724. The van der Waals surface area contributed by atoms with Crippen LogP contribution in [0.15, 0.2) is 0 Å². The third-order valence-electron chi connectivity index (χ3n) is 2.46.